The number of rotatable bonds is 6. The smallest absolute Gasteiger partial charge is 0.229 e. The van der Waals surface area contributed by atoms with Gasteiger partial charge in [-0.1, -0.05) is 48.0 Å². The first-order valence-electron chi connectivity index (χ1n) is 10.0. The summed E-state index contributed by atoms with van der Waals surface area (Å²) in [7, 11) is 0. The third kappa shape index (κ3) is 4.87. The predicted molar refractivity (Wildman–Crippen MR) is 116 cm³/mol. The summed E-state index contributed by atoms with van der Waals surface area (Å²) in [6.07, 6.45) is 0.243. The van der Waals surface area contributed by atoms with Crippen LogP contribution in [0.25, 0.3) is 0 Å². The van der Waals surface area contributed by atoms with E-state index in [1.807, 2.05) is 73.7 Å². The van der Waals surface area contributed by atoms with Crippen LogP contribution in [0.15, 0.2) is 78.9 Å². The molecule has 152 valence electrons. The third-order valence-corrected chi connectivity index (χ3v) is 5.18. The largest absolute Gasteiger partial charge is 0.457 e. The lowest BCUT2D eigenvalue weighted by Gasteiger charge is -2.16. The lowest BCUT2D eigenvalue weighted by molar-refractivity contribution is -0.128. The number of nitrogens with zero attached hydrogens (tertiary/aromatic N) is 1. The Hall–Kier alpha value is -3.60. The Balaban J connectivity index is 1.32. The molecule has 3 aromatic rings. The van der Waals surface area contributed by atoms with Crippen molar-refractivity contribution < 1.29 is 14.3 Å². The lowest BCUT2D eigenvalue weighted by atomic mass is 10.1. The van der Waals surface area contributed by atoms with E-state index >= 15 is 0 Å². The maximum absolute atomic E-state index is 12.6. The molecule has 4 rings (SSSR count). The van der Waals surface area contributed by atoms with E-state index in [4.69, 9.17) is 4.74 Å². The Morgan fingerprint density at radius 2 is 1.60 bits per heavy atom. The zero-order valence-electron chi connectivity index (χ0n) is 16.9. The molecule has 0 radical (unpaired) electrons. The molecule has 0 unspecified atom stereocenters. The SMILES string of the molecule is Cc1ccc(Oc2ccc(NC(=O)[C@H]3CC(=O)N(Cc4ccccc4)C3)cc2)cc1. The maximum atomic E-state index is 12.6. The number of carbonyl (C=O) groups excluding carboxylic acids is 2. The molecule has 5 heteroatoms. The first kappa shape index (κ1) is 19.7. The first-order valence-corrected chi connectivity index (χ1v) is 10.0. The summed E-state index contributed by atoms with van der Waals surface area (Å²) in [5.74, 6) is 0.999. The average molecular weight is 400 g/mol. The summed E-state index contributed by atoms with van der Waals surface area (Å²) in [5.41, 5.74) is 2.93. The van der Waals surface area contributed by atoms with Gasteiger partial charge in [-0.25, -0.2) is 0 Å². The molecule has 0 saturated carbocycles. The Morgan fingerprint density at radius 3 is 2.27 bits per heavy atom. The highest BCUT2D eigenvalue weighted by Gasteiger charge is 2.34. The molecule has 0 spiro atoms. The van der Waals surface area contributed by atoms with Crippen molar-refractivity contribution in [3.8, 4) is 11.5 Å². The minimum absolute atomic E-state index is 0.0147. The minimum atomic E-state index is -0.343. The van der Waals surface area contributed by atoms with Gasteiger partial charge in [0.1, 0.15) is 11.5 Å². The molecule has 3 aromatic carbocycles. The van der Waals surface area contributed by atoms with Gasteiger partial charge in [0.15, 0.2) is 0 Å². The van der Waals surface area contributed by atoms with Crippen LogP contribution < -0.4 is 10.1 Å². The normalized spacial score (nSPS) is 15.8. The molecule has 0 aromatic heterocycles. The molecule has 1 N–H and O–H groups in total. The molecule has 0 bridgehead atoms. The van der Waals surface area contributed by atoms with Crippen molar-refractivity contribution in [3.05, 3.63) is 90.0 Å². The molecule has 30 heavy (non-hydrogen) atoms. The number of amides is 2. The Morgan fingerprint density at radius 1 is 0.967 bits per heavy atom. The molecular weight excluding hydrogens is 376 g/mol. The number of benzene rings is 3. The van der Waals surface area contributed by atoms with Gasteiger partial charge in [0.25, 0.3) is 0 Å². The molecule has 1 aliphatic heterocycles. The minimum Gasteiger partial charge on any atom is -0.457 e. The van der Waals surface area contributed by atoms with E-state index in [2.05, 4.69) is 5.32 Å². The predicted octanol–water partition coefficient (Wildman–Crippen LogP) is 4.77. The summed E-state index contributed by atoms with van der Waals surface area (Å²) < 4.78 is 5.81. The van der Waals surface area contributed by atoms with E-state index in [0.717, 1.165) is 11.3 Å². The van der Waals surface area contributed by atoms with Gasteiger partial charge >= 0.3 is 0 Å². The number of anilines is 1. The van der Waals surface area contributed by atoms with Gasteiger partial charge in [0.05, 0.1) is 5.92 Å². The van der Waals surface area contributed by atoms with Crippen molar-refractivity contribution in [3.63, 3.8) is 0 Å². The van der Waals surface area contributed by atoms with Crippen molar-refractivity contribution in [2.75, 3.05) is 11.9 Å². The Bertz CT molecular complexity index is 1010. The summed E-state index contributed by atoms with van der Waals surface area (Å²) in [4.78, 5) is 26.7. The fraction of sp³-hybridized carbons (Fsp3) is 0.200. The highest BCUT2D eigenvalue weighted by Crippen LogP contribution is 2.25. The topological polar surface area (TPSA) is 58.6 Å². The monoisotopic (exact) mass is 400 g/mol. The van der Waals surface area contributed by atoms with Gasteiger partial charge in [-0.05, 0) is 48.9 Å². The molecule has 1 aliphatic rings. The van der Waals surface area contributed by atoms with Crippen molar-refractivity contribution in [2.45, 2.75) is 19.9 Å². The maximum Gasteiger partial charge on any atom is 0.229 e. The second-order valence-electron chi connectivity index (χ2n) is 7.59. The zero-order valence-corrected chi connectivity index (χ0v) is 16.9. The summed E-state index contributed by atoms with van der Waals surface area (Å²) in [6.45, 7) is 3.00. The highest BCUT2D eigenvalue weighted by atomic mass is 16.5. The van der Waals surface area contributed by atoms with Crippen LogP contribution in [0.4, 0.5) is 5.69 Å². The number of aryl methyl sites for hydroxylation is 1. The van der Waals surface area contributed by atoms with Crippen molar-refractivity contribution in [1.29, 1.82) is 0 Å². The van der Waals surface area contributed by atoms with Crippen LogP contribution in [0.3, 0.4) is 0 Å². The molecular formula is C25H24N2O3. The zero-order chi connectivity index (χ0) is 20.9. The van der Waals surface area contributed by atoms with Gasteiger partial charge in [-0.3, -0.25) is 9.59 Å². The molecule has 0 aliphatic carbocycles. The van der Waals surface area contributed by atoms with Gasteiger partial charge in [0.2, 0.25) is 11.8 Å². The first-order chi connectivity index (χ1) is 14.6. The highest BCUT2D eigenvalue weighted by molar-refractivity contribution is 5.97. The van der Waals surface area contributed by atoms with Gasteiger partial charge in [0, 0.05) is 25.2 Å². The van der Waals surface area contributed by atoms with Crippen LogP contribution in [0, 0.1) is 12.8 Å². The number of nitrogens with one attached hydrogen (secondary N) is 1. The third-order valence-electron chi connectivity index (χ3n) is 5.18. The molecule has 1 saturated heterocycles. The summed E-state index contributed by atoms with van der Waals surface area (Å²) in [5, 5.41) is 2.91. The van der Waals surface area contributed by atoms with Crippen LogP contribution >= 0.6 is 0 Å². The standard InChI is InChI=1S/C25H24N2O3/c1-18-7-11-22(12-8-18)30-23-13-9-21(10-14-23)26-25(29)20-15-24(28)27(17-20)16-19-5-3-2-4-6-19/h2-14,20H,15-17H2,1H3,(H,26,29)/t20-/m0/s1. The molecule has 1 heterocycles. The van der Waals surface area contributed by atoms with Crippen molar-refractivity contribution in [2.24, 2.45) is 5.92 Å². The van der Waals surface area contributed by atoms with Gasteiger partial charge in [-0.2, -0.15) is 0 Å². The van der Waals surface area contributed by atoms with Crippen molar-refractivity contribution in [1.82, 2.24) is 4.90 Å². The number of carbonyl (C=O) groups is 2. The fourth-order valence-corrected chi connectivity index (χ4v) is 3.50. The fourth-order valence-electron chi connectivity index (χ4n) is 3.50. The Kier molecular flexibility index (Phi) is 5.80. The van der Waals surface area contributed by atoms with Gasteiger partial charge < -0.3 is 15.0 Å². The van der Waals surface area contributed by atoms with Gasteiger partial charge in [-0.15, -0.1) is 0 Å². The van der Waals surface area contributed by atoms with E-state index in [1.54, 1.807) is 17.0 Å². The van der Waals surface area contributed by atoms with Crippen LogP contribution in [-0.2, 0) is 16.1 Å². The van der Waals surface area contributed by atoms with E-state index < -0.39 is 0 Å². The average Bonchev–Trinajstić information content (AvgIpc) is 3.12. The van der Waals surface area contributed by atoms with E-state index in [-0.39, 0.29) is 24.2 Å². The van der Waals surface area contributed by atoms with Crippen LogP contribution in [0.2, 0.25) is 0 Å². The van der Waals surface area contributed by atoms with E-state index in [0.29, 0.717) is 24.5 Å². The molecule has 1 fully saturated rings. The van der Waals surface area contributed by atoms with Crippen LogP contribution in [-0.4, -0.2) is 23.3 Å². The second-order valence-corrected chi connectivity index (χ2v) is 7.59. The second kappa shape index (κ2) is 8.82. The molecule has 1 atom stereocenters. The summed E-state index contributed by atoms with van der Waals surface area (Å²) >= 11 is 0. The Labute approximate surface area is 176 Å². The lowest BCUT2D eigenvalue weighted by Crippen LogP contribution is -2.28. The quantitative estimate of drug-likeness (QED) is 0.648. The number of ether oxygens (including phenoxy) is 1. The number of likely N-dealkylation sites (tertiary alicyclic amines) is 1. The summed E-state index contributed by atoms with van der Waals surface area (Å²) in [6, 6.07) is 24.9. The number of hydrogen-bond acceptors (Lipinski definition) is 3. The van der Waals surface area contributed by atoms with Crippen molar-refractivity contribution >= 4 is 17.5 Å². The van der Waals surface area contributed by atoms with E-state index in [9.17, 15) is 9.59 Å². The molecule has 2 amide bonds. The van der Waals surface area contributed by atoms with Crippen LogP contribution in [0.5, 0.6) is 11.5 Å². The van der Waals surface area contributed by atoms with Crippen LogP contribution in [0.1, 0.15) is 17.5 Å². The molecule has 5 nitrogen and oxygen atoms in total. The number of hydrogen-bond donors (Lipinski definition) is 1. The van der Waals surface area contributed by atoms with E-state index in [1.165, 1.54) is 5.56 Å².